The van der Waals surface area contributed by atoms with E-state index >= 15 is 0 Å². The Morgan fingerprint density at radius 2 is 2.00 bits per heavy atom. The zero-order chi connectivity index (χ0) is 12.5. The molecule has 0 amide bonds. The van der Waals surface area contributed by atoms with Crippen LogP contribution in [0.15, 0.2) is 23.1 Å². The highest BCUT2D eigenvalue weighted by Crippen LogP contribution is 2.43. The van der Waals surface area contributed by atoms with Gasteiger partial charge < -0.3 is 14.6 Å². The first kappa shape index (κ1) is 11.7. The van der Waals surface area contributed by atoms with Crippen LogP contribution in [-0.4, -0.2) is 29.5 Å². The summed E-state index contributed by atoms with van der Waals surface area (Å²) < 4.78 is 11.0. The summed E-state index contributed by atoms with van der Waals surface area (Å²) in [6.45, 7) is 1.16. The molecule has 1 aliphatic heterocycles. The van der Waals surface area contributed by atoms with Crippen molar-refractivity contribution in [2.75, 3.05) is 13.2 Å². The maximum Gasteiger partial charge on any atom is 0.307 e. The van der Waals surface area contributed by atoms with Crippen LogP contribution >= 0.6 is 11.8 Å². The fourth-order valence-corrected chi connectivity index (χ4v) is 3.51. The van der Waals surface area contributed by atoms with Gasteiger partial charge in [-0.15, -0.1) is 11.8 Å². The molecule has 1 aromatic carbocycles. The lowest BCUT2D eigenvalue weighted by molar-refractivity contribution is -0.144. The normalized spacial score (nSPS) is 25.3. The van der Waals surface area contributed by atoms with Crippen LogP contribution in [0.5, 0.6) is 11.5 Å². The van der Waals surface area contributed by atoms with E-state index in [1.54, 1.807) is 11.8 Å². The highest BCUT2D eigenvalue weighted by molar-refractivity contribution is 8.00. The predicted octanol–water partition coefficient (Wildman–Crippen LogP) is 2.41. The monoisotopic (exact) mass is 266 g/mol. The van der Waals surface area contributed by atoms with Crippen LogP contribution in [0, 0.1) is 5.92 Å². The molecule has 0 bridgehead atoms. The van der Waals surface area contributed by atoms with Gasteiger partial charge >= 0.3 is 5.97 Å². The van der Waals surface area contributed by atoms with E-state index in [-0.39, 0.29) is 11.2 Å². The maximum atomic E-state index is 11.0. The number of carboxylic acids is 1. The summed E-state index contributed by atoms with van der Waals surface area (Å²) in [6.07, 6.45) is 1.76. The zero-order valence-electron chi connectivity index (χ0n) is 9.80. The average Bonchev–Trinajstić information content (AvgIpc) is 2.33. The van der Waals surface area contributed by atoms with Crippen molar-refractivity contribution in [3.63, 3.8) is 0 Å². The molecule has 1 saturated carbocycles. The van der Waals surface area contributed by atoms with Crippen molar-refractivity contribution in [3.05, 3.63) is 18.2 Å². The molecule has 1 heterocycles. The summed E-state index contributed by atoms with van der Waals surface area (Å²) >= 11 is 1.62. The van der Waals surface area contributed by atoms with E-state index in [0.717, 1.165) is 29.2 Å². The minimum Gasteiger partial charge on any atom is -0.486 e. The molecule has 2 unspecified atom stereocenters. The van der Waals surface area contributed by atoms with E-state index in [4.69, 9.17) is 14.6 Å². The second-order valence-corrected chi connectivity index (χ2v) is 5.80. The maximum absolute atomic E-state index is 11.0. The fraction of sp³-hybridized carbons (Fsp3) is 0.462. The number of benzene rings is 1. The summed E-state index contributed by atoms with van der Waals surface area (Å²) in [5.41, 5.74) is 0. The molecular weight excluding hydrogens is 252 g/mol. The molecule has 5 heteroatoms. The van der Waals surface area contributed by atoms with Crippen molar-refractivity contribution < 1.29 is 19.4 Å². The van der Waals surface area contributed by atoms with E-state index in [0.29, 0.717) is 13.2 Å². The highest BCUT2D eigenvalue weighted by Gasteiger charge is 2.37. The Kier molecular flexibility index (Phi) is 3.07. The zero-order valence-corrected chi connectivity index (χ0v) is 10.6. The van der Waals surface area contributed by atoms with Gasteiger partial charge in [0.1, 0.15) is 13.2 Å². The average molecular weight is 266 g/mol. The molecule has 1 aromatic rings. The minimum absolute atomic E-state index is 0.185. The largest absolute Gasteiger partial charge is 0.486 e. The van der Waals surface area contributed by atoms with Crippen LogP contribution in [0.2, 0.25) is 0 Å². The molecule has 1 aliphatic carbocycles. The Balaban J connectivity index is 1.71. The molecule has 0 saturated heterocycles. The standard InChI is InChI=1S/C13H14O4S/c14-13(15)9-2-4-12(9)18-8-1-3-10-11(7-8)17-6-5-16-10/h1,3,7,9,12H,2,4-6H2,(H,14,15). The lowest BCUT2D eigenvalue weighted by Crippen LogP contribution is -2.35. The summed E-state index contributed by atoms with van der Waals surface area (Å²) in [5.74, 6) is 0.644. The second kappa shape index (κ2) is 4.72. The number of ether oxygens (including phenoxy) is 2. The molecule has 0 radical (unpaired) electrons. The number of aliphatic carboxylic acids is 1. The first-order valence-electron chi connectivity index (χ1n) is 6.03. The van der Waals surface area contributed by atoms with Crippen LogP contribution in [0.3, 0.4) is 0 Å². The molecule has 1 N–H and O–H groups in total. The summed E-state index contributed by atoms with van der Waals surface area (Å²) in [6, 6.07) is 5.80. The van der Waals surface area contributed by atoms with Crippen molar-refractivity contribution in [1.82, 2.24) is 0 Å². The van der Waals surface area contributed by atoms with E-state index in [1.807, 2.05) is 18.2 Å². The lowest BCUT2D eigenvalue weighted by Gasteiger charge is -2.32. The number of hydrogen-bond donors (Lipinski definition) is 1. The number of fused-ring (bicyclic) bond motifs is 1. The Bertz CT molecular complexity index is 474. The van der Waals surface area contributed by atoms with E-state index in [1.165, 1.54) is 0 Å². The van der Waals surface area contributed by atoms with Gasteiger partial charge in [0.15, 0.2) is 11.5 Å². The molecule has 18 heavy (non-hydrogen) atoms. The first-order valence-corrected chi connectivity index (χ1v) is 6.91. The topological polar surface area (TPSA) is 55.8 Å². The summed E-state index contributed by atoms with van der Waals surface area (Å²) in [4.78, 5) is 12.0. The van der Waals surface area contributed by atoms with Crippen molar-refractivity contribution in [2.45, 2.75) is 23.0 Å². The van der Waals surface area contributed by atoms with Gasteiger partial charge in [-0.1, -0.05) is 0 Å². The van der Waals surface area contributed by atoms with Crippen molar-refractivity contribution >= 4 is 17.7 Å². The van der Waals surface area contributed by atoms with Gasteiger partial charge in [0, 0.05) is 10.1 Å². The molecule has 3 rings (SSSR count). The molecule has 96 valence electrons. The highest BCUT2D eigenvalue weighted by atomic mass is 32.2. The van der Waals surface area contributed by atoms with Crippen LogP contribution in [0.4, 0.5) is 0 Å². The smallest absolute Gasteiger partial charge is 0.307 e. The van der Waals surface area contributed by atoms with Gasteiger partial charge in [0.25, 0.3) is 0 Å². The van der Waals surface area contributed by atoms with Gasteiger partial charge in [-0.2, -0.15) is 0 Å². The van der Waals surface area contributed by atoms with Crippen LogP contribution in [0.1, 0.15) is 12.8 Å². The van der Waals surface area contributed by atoms with E-state index in [9.17, 15) is 4.79 Å². The van der Waals surface area contributed by atoms with Gasteiger partial charge in [-0.3, -0.25) is 4.79 Å². The Hall–Kier alpha value is -1.36. The molecule has 0 aromatic heterocycles. The SMILES string of the molecule is O=C(O)C1CCC1Sc1ccc2c(c1)OCCO2. The Labute approximate surface area is 109 Å². The third-order valence-corrected chi connectivity index (χ3v) is 4.72. The van der Waals surface area contributed by atoms with Crippen molar-refractivity contribution in [3.8, 4) is 11.5 Å². The van der Waals surface area contributed by atoms with Crippen LogP contribution < -0.4 is 9.47 Å². The molecule has 2 atom stereocenters. The molecule has 4 nitrogen and oxygen atoms in total. The van der Waals surface area contributed by atoms with E-state index < -0.39 is 5.97 Å². The summed E-state index contributed by atoms with van der Waals surface area (Å²) in [7, 11) is 0. The number of carbonyl (C=O) groups is 1. The number of thioether (sulfide) groups is 1. The minimum atomic E-state index is -0.684. The van der Waals surface area contributed by atoms with Crippen LogP contribution in [0.25, 0.3) is 0 Å². The second-order valence-electron chi connectivity index (χ2n) is 4.48. The van der Waals surface area contributed by atoms with Gasteiger partial charge in [0.05, 0.1) is 5.92 Å². The predicted molar refractivity (Wildman–Crippen MR) is 67.4 cm³/mol. The third-order valence-electron chi connectivity index (χ3n) is 3.33. The summed E-state index contributed by atoms with van der Waals surface area (Å²) in [5, 5.41) is 9.20. The lowest BCUT2D eigenvalue weighted by atomic mass is 9.85. The first-order chi connectivity index (χ1) is 8.74. The number of carboxylic acid groups (broad SMARTS) is 1. The number of rotatable bonds is 3. The van der Waals surface area contributed by atoms with Gasteiger partial charge in [0.2, 0.25) is 0 Å². The number of hydrogen-bond acceptors (Lipinski definition) is 4. The van der Waals surface area contributed by atoms with Gasteiger partial charge in [-0.25, -0.2) is 0 Å². The molecule has 2 aliphatic rings. The molecule has 1 fully saturated rings. The Morgan fingerprint density at radius 3 is 2.67 bits per heavy atom. The molecule has 0 spiro atoms. The van der Waals surface area contributed by atoms with Gasteiger partial charge in [-0.05, 0) is 31.0 Å². The molecular formula is C13H14O4S. The van der Waals surface area contributed by atoms with Crippen LogP contribution in [-0.2, 0) is 4.79 Å². The van der Waals surface area contributed by atoms with Crippen molar-refractivity contribution in [2.24, 2.45) is 5.92 Å². The van der Waals surface area contributed by atoms with Crippen molar-refractivity contribution in [1.29, 1.82) is 0 Å². The Morgan fingerprint density at radius 1 is 1.22 bits per heavy atom. The quantitative estimate of drug-likeness (QED) is 0.910. The fourth-order valence-electron chi connectivity index (χ4n) is 2.16. The van der Waals surface area contributed by atoms with E-state index in [2.05, 4.69) is 0 Å². The third kappa shape index (κ3) is 2.14.